The SMILES string of the molecule is NC/C=C/c1csnn1. The van der Waals surface area contributed by atoms with Crippen molar-refractivity contribution in [2.24, 2.45) is 5.73 Å². The van der Waals surface area contributed by atoms with E-state index in [0.29, 0.717) is 6.54 Å². The minimum Gasteiger partial charge on any atom is -0.327 e. The molecule has 3 nitrogen and oxygen atoms in total. The van der Waals surface area contributed by atoms with E-state index in [1.165, 1.54) is 11.5 Å². The largest absolute Gasteiger partial charge is 0.327 e. The van der Waals surface area contributed by atoms with E-state index >= 15 is 0 Å². The second-order valence-electron chi connectivity index (χ2n) is 1.47. The van der Waals surface area contributed by atoms with Crippen molar-refractivity contribution in [3.8, 4) is 0 Å². The molecule has 2 N–H and O–H groups in total. The second-order valence-corrected chi connectivity index (χ2v) is 2.08. The second kappa shape index (κ2) is 3.32. The van der Waals surface area contributed by atoms with Crippen molar-refractivity contribution in [1.29, 1.82) is 0 Å². The third-order valence-electron chi connectivity index (χ3n) is 0.802. The van der Waals surface area contributed by atoms with Crippen molar-refractivity contribution < 1.29 is 0 Å². The van der Waals surface area contributed by atoms with Crippen LogP contribution in [0.3, 0.4) is 0 Å². The predicted molar refractivity (Wildman–Crippen MR) is 38.0 cm³/mol. The zero-order valence-corrected chi connectivity index (χ0v) is 5.64. The van der Waals surface area contributed by atoms with Gasteiger partial charge in [0.1, 0.15) is 0 Å². The van der Waals surface area contributed by atoms with Crippen molar-refractivity contribution in [2.75, 3.05) is 6.54 Å². The summed E-state index contributed by atoms with van der Waals surface area (Å²) in [5, 5.41) is 5.65. The van der Waals surface area contributed by atoms with Crippen LogP contribution in [0.5, 0.6) is 0 Å². The number of rotatable bonds is 2. The highest BCUT2D eigenvalue weighted by molar-refractivity contribution is 7.03. The van der Waals surface area contributed by atoms with Gasteiger partial charge in [0.15, 0.2) is 0 Å². The molecule has 0 aromatic carbocycles. The van der Waals surface area contributed by atoms with E-state index in [1.54, 1.807) is 0 Å². The molecule has 0 unspecified atom stereocenters. The Morgan fingerprint density at radius 2 is 2.67 bits per heavy atom. The molecule has 0 saturated carbocycles. The summed E-state index contributed by atoms with van der Waals surface area (Å²) in [5.41, 5.74) is 6.09. The van der Waals surface area contributed by atoms with Gasteiger partial charge in [0.2, 0.25) is 0 Å². The molecule has 0 bridgehead atoms. The van der Waals surface area contributed by atoms with E-state index in [-0.39, 0.29) is 0 Å². The summed E-state index contributed by atoms with van der Waals surface area (Å²) < 4.78 is 3.67. The highest BCUT2D eigenvalue weighted by Gasteiger charge is 1.84. The molecule has 0 aliphatic carbocycles. The molecule has 1 rings (SSSR count). The summed E-state index contributed by atoms with van der Waals surface area (Å²) in [4.78, 5) is 0. The number of hydrogen-bond donors (Lipinski definition) is 1. The lowest BCUT2D eigenvalue weighted by atomic mass is 10.4. The van der Waals surface area contributed by atoms with Gasteiger partial charge in [-0.2, -0.15) is 0 Å². The van der Waals surface area contributed by atoms with Crippen molar-refractivity contribution in [1.82, 2.24) is 9.59 Å². The molecular formula is C5H7N3S. The molecule has 0 radical (unpaired) electrons. The molecule has 0 aliphatic heterocycles. The van der Waals surface area contributed by atoms with E-state index in [0.717, 1.165) is 5.69 Å². The monoisotopic (exact) mass is 141 g/mol. The lowest BCUT2D eigenvalue weighted by molar-refractivity contribution is 1.14. The molecule has 9 heavy (non-hydrogen) atoms. The Kier molecular flexibility index (Phi) is 2.35. The number of hydrogen-bond acceptors (Lipinski definition) is 4. The van der Waals surface area contributed by atoms with Gasteiger partial charge in [-0.3, -0.25) is 0 Å². The number of aromatic nitrogens is 2. The average Bonchev–Trinajstić information content (AvgIpc) is 2.34. The van der Waals surface area contributed by atoms with Crippen LogP contribution in [-0.2, 0) is 0 Å². The minimum absolute atomic E-state index is 0.553. The van der Waals surface area contributed by atoms with Gasteiger partial charge in [0, 0.05) is 11.9 Å². The topological polar surface area (TPSA) is 51.8 Å². The Morgan fingerprint density at radius 1 is 1.78 bits per heavy atom. The van der Waals surface area contributed by atoms with E-state index < -0.39 is 0 Å². The first-order valence-electron chi connectivity index (χ1n) is 2.57. The van der Waals surface area contributed by atoms with Gasteiger partial charge >= 0.3 is 0 Å². The van der Waals surface area contributed by atoms with Gasteiger partial charge in [-0.15, -0.1) is 5.10 Å². The zero-order valence-electron chi connectivity index (χ0n) is 4.82. The van der Waals surface area contributed by atoms with Crippen LogP contribution in [-0.4, -0.2) is 16.1 Å². The highest BCUT2D eigenvalue weighted by Crippen LogP contribution is 1.97. The molecule has 4 heteroatoms. The molecular weight excluding hydrogens is 134 g/mol. The zero-order chi connectivity index (χ0) is 6.53. The molecule has 0 saturated heterocycles. The summed E-state index contributed by atoms with van der Waals surface area (Å²) in [7, 11) is 0. The fourth-order valence-corrected chi connectivity index (χ4v) is 0.856. The molecule has 1 heterocycles. The Bertz CT molecular complexity index is 180. The van der Waals surface area contributed by atoms with Crippen LogP contribution >= 0.6 is 11.5 Å². The highest BCUT2D eigenvalue weighted by atomic mass is 32.1. The summed E-state index contributed by atoms with van der Waals surface area (Å²) >= 11 is 1.34. The Hall–Kier alpha value is -0.740. The van der Waals surface area contributed by atoms with E-state index in [4.69, 9.17) is 5.73 Å². The molecule has 0 aliphatic rings. The maximum absolute atomic E-state index is 5.21. The number of nitrogens with two attached hydrogens (primary N) is 1. The van der Waals surface area contributed by atoms with Crippen LogP contribution in [0.1, 0.15) is 5.69 Å². The minimum atomic E-state index is 0.553. The van der Waals surface area contributed by atoms with Crippen LogP contribution in [0.25, 0.3) is 6.08 Å². The Morgan fingerprint density at radius 3 is 3.22 bits per heavy atom. The maximum atomic E-state index is 5.21. The molecule has 0 atom stereocenters. The summed E-state index contributed by atoms with van der Waals surface area (Å²) in [6.07, 6.45) is 3.69. The molecule has 0 fully saturated rings. The van der Waals surface area contributed by atoms with Gasteiger partial charge in [-0.1, -0.05) is 10.6 Å². The lowest BCUT2D eigenvalue weighted by Crippen LogP contribution is -1.91. The van der Waals surface area contributed by atoms with Gasteiger partial charge in [-0.25, -0.2) is 0 Å². The first-order valence-corrected chi connectivity index (χ1v) is 3.41. The predicted octanol–water partition coefficient (Wildman–Crippen LogP) is 0.510. The van der Waals surface area contributed by atoms with Crippen molar-refractivity contribution in [2.45, 2.75) is 0 Å². The van der Waals surface area contributed by atoms with Gasteiger partial charge < -0.3 is 5.73 Å². The summed E-state index contributed by atoms with van der Waals surface area (Å²) in [5.74, 6) is 0. The Labute approximate surface area is 57.4 Å². The van der Waals surface area contributed by atoms with E-state index in [2.05, 4.69) is 9.59 Å². The number of nitrogens with zero attached hydrogens (tertiary/aromatic N) is 2. The normalized spacial score (nSPS) is 10.8. The fraction of sp³-hybridized carbons (Fsp3) is 0.200. The summed E-state index contributed by atoms with van der Waals surface area (Å²) in [6, 6.07) is 0. The fourth-order valence-electron chi connectivity index (χ4n) is 0.433. The average molecular weight is 141 g/mol. The van der Waals surface area contributed by atoms with Gasteiger partial charge in [0.05, 0.1) is 5.69 Å². The van der Waals surface area contributed by atoms with Crippen LogP contribution in [0.2, 0.25) is 0 Å². The molecule has 48 valence electrons. The van der Waals surface area contributed by atoms with Gasteiger partial charge in [0.25, 0.3) is 0 Å². The van der Waals surface area contributed by atoms with Crippen molar-refractivity contribution >= 4 is 17.6 Å². The lowest BCUT2D eigenvalue weighted by Gasteiger charge is -1.76. The maximum Gasteiger partial charge on any atom is 0.0979 e. The third-order valence-corrected chi connectivity index (χ3v) is 1.32. The van der Waals surface area contributed by atoms with Crippen LogP contribution in [0.4, 0.5) is 0 Å². The van der Waals surface area contributed by atoms with E-state index in [1.807, 2.05) is 17.5 Å². The van der Waals surface area contributed by atoms with Crippen LogP contribution in [0.15, 0.2) is 11.5 Å². The molecule has 1 aromatic rings. The smallest absolute Gasteiger partial charge is 0.0979 e. The molecule has 0 amide bonds. The third kappa shape index (κ3) is 1.91. The molecule has 0 spiro atoms. The van der Waals surface area contributed by atoms with Crippen LogP contribution < -0.4 is 5.73 Å². The first-order chi connectivity index (χ1) is 4.43. The first kappa shape index (κ1) is 6.38. The van der Waals surface area contributed by atoms with Gasteiger partial charge in [-0.05, 0) is 17.6 Å². The Balaban J connectivity index is 2.57. The van der Waals surface area contributed by atoms with Crippen molar-refractivity contribution in [3.63, 3.8) is 0 Å². The summed E-state index contributed by atoms with van der Waals surface area (Å²) in [6.45, 7) is 0.553. The van der Waals surface area contributed by atoms with Crippen molar-refractivity contribution in [3.05, 3.63) is 17.2 Å². The quantitative estimate of drug-likeness (QED) is 0.653. The molecule has 1 aromatic heterocycles. The van der Waals surface area contributed by atoms with E-state index in [9.17, 15) is 0 Å². The standard InChI is InChI=1S/C5H7N3S/c6-3-1-2-5-4-9-8-7-5/h1-2,4H,3,6H2/b2-1+. The van der Waals surface area contributed by atoms with Crippen LogP contribution in [0, 0.1) is 0 Å².